The van der Waals surface area contributed by atoms with Gasteiger partial charge in [0.15, 0.2) is 5.65 Å². The Bertz CT molecular complexity index is 912. The molecule has 0 aliphatic heterocycles. The van der Waals surface area contributed by atoms with Gasteiger partial charge in [0.2, 0.25) is 5.43 Å². The fourth-order valence-electron chi connectivity index (χ4n) is 2.70. The summed E-state index contributed by atoms with van der Waals surface area (Å²) in [6.07, 6.45) is 3.22. The Morgan fingerprint density at radius 3 is 2.71 bits per heavy atom. The van der Waals surface area contributed by atoms with Crippen molar-refractivity contribution in [3.05, 3.63) is 64.7 Å². The molecule has 2 heterocycles. The molecule has 0 saturated carbocycles. The average molecular weight is 325 g/mol. The van der Waals surface area contributed by atoms with Crippen LogP contribution in [-0.2, 0) is 16.1 Å². The van der Waals surface area contributed by atoms with Crippen LogP contribution in [0.25, 0.3) is 11.2 Å². The summed E-state index contributed by atoms with van der Waals surface area (Å²) in [5.41, 5.74) is 1.92. The van der Waals surface area contributed by atoms with E-state index in [0.717, 1.165) is 5.56 Å². The van der Waals surface area contributed by atoms with Gasteiger partial charge in [-0.15, -0.1) is 0 Å². The van der Waals surface area contributed by atoms with Crippen molar-refractivity contribution >= 4 is 17.1 Å². The summed E-state index contributed by atoms with van der Waals surface area (Å²) in [4.78, 5) is 28.7. The summed E-state index contributed by atoms with van der Waals surface area (Å²) in [5.74, 6) is -0.347. The highest BCUT2D eigenvalue weighted by atomic mass is 16.5. The zero-order valence-electron chi connectivity index (χ0n) is 13.7. The Labute approximate surface area is 139 Å². The number of fused-ring (bicyclic) bond motifs is 1. The average Bonchev–Trinajstić information content (AvgIpc) is 3.00. The van der Waals surface area contributed by atoms with Crippen molar-refractivity contribution in [1.29, 1.82) is 0 Å². The van der Waals surface area contributed by atoms with Crippen LogP contribution in [0.1, 0.15) is 25.5 Å². The Morgan fingerprint density at radius 1 is 1.25 bits per heavy atom. The molecule has 1 atom stereocenters. The molecule has 6 heteroatoms. The normalized spacial score (nSPS) is 12.2. The van der Waals surface area contributed by atoms with E-state index < -0.39 is 6.04 Å². The Morgan fingerprint density at radius 2 is 2.00 bits per heavy atom. The number of esters is 1. The molecule has 0 radical (unpaired) electrons. The molecule has 2 aromatic heterocycles. The van der Waals surface area contributed by atoms with Crippen molar-refractivity contribution in [2.24, 2.45) is 0 Å². The van der Waals surface area contributed by atoms with Crippen molar-refractivity contribution in [3.8, 4) is 0 Å². The molecule has 3 rings (SSSR count). The highest BCUT2D eigenvalue weighted by Crippen LogP contribution is 2.16. The molecule has 6 nitrogen and oxygen atoms in total. The highest BCUT2D eigenvalue weighted by molar-refractivity contribution is 5.78. The largest absolute Gasteiger partial charge is 0.464 e. The number of benzene rings is 1. The first-order valence-corrected chi connectivity index (χ1v) is 7.88. The van der Waals surface area contributed by atoms with Gasteiger partial charge in [0.05, 0.1) is 12.9 Å². The number of imidazole rings is 1. The van der Waals surface area contributed by atoms with Gasteiger partial charge in [-0.2, -0.15) is 0 Å². The van der Waals surface area contributed by atoms with E-state index in [4.69, 9.17) is 4.74 Å². The van der Waals surface area contributed by atoms with Crippen LogP contribution in [0, 0.1) is 0 Å². The van der Waals surface area contributed by atoms with Gasteiger partial charge in [0.25, 0.3) is 0 Å². The number of rotatable bonds is 5. The van der Waals surface area contributed by atoms with E-state index in [9.17, 15) is 9.59 Å². The molecule has 1 aromatic carbocycles. The lowest BCUT2D eigenvalue weighted by Crippen LogP contribution is -2.21. The zero-order valence-corrected chi connectivity index (χ0v) is 13.7. The first-order valence-electron chi connectivity index (χ1n) is 7.88. The fraction of sp³-hybridized carbons (Fsp3) is 0.278. The minimum Gasteiger partial charge on any atom is -0.464 e. The molecule has 24 heavy (non-hydrogen) atoms. The van der Waals surface area contributed by atoms with Crippen LogP contribution < -0.4 is 5.43 Å². The monoisotopic (exact) mass is 325 g/mol. The summed E-state index contributed by atoms with van der Waals surface area (Å²) in [7, 11) is 0. The van der Waals surface area contributed by atoms with Gasteiger partial charge in [0.1, 0.15) is 11.6 Å². The first kappa shape index (κ1) is 16.0. The molecule has 0 aliphatic rings. The van der Waals surface area contributed by atoms with E-state index in [-0.39, 0.29) is 11.4 Å². The molecule has 0 spiro atoms. The number of ether oxygens (including phenoxy) is 1. The smallest absolute Gasteiger partial charge is 0.328 e. The van der Waals surface area contributed by atoms with E-state index in [1.165, 1.54) is 6.07 Å². The summed E-state index contributed by atoms with van der Waals surface area (Å²) in [6.45, 7) is 4.36. The van der Waals surface area contributed by atoms with Gasteiger partial charge in [-0.1, -0.05) is 30.3 Å². The van der Waals surface area contributed by atoms with Crippen molar-refractivity contribution in [3.63, 3.8) is 0 Å². The fourth-order valence-corrected chi connectivity index (χ4v) is 2.70. The summed E-state index contributed by atoms with van der Waals surface area (Å²) in [6, 6.07) is 10.8. The van der Waals surface area contributed by atoms with Crippen LogP contribution in [-0.4, -0.2) is 26.7 Å². The van der Waals surface area contributed by atoms with E-state index in [1.54, 1.807) is 35.5 Å². The summed E-state index contributed by atoms with van der Waals surface area (Å²) >= 11 is 0. The molecule has 0 fully saturated rings. The van der Waals surface area contributed by atoms with Gasteiger partial charge in [-0.3, -0.25) is 4.79 Å². The van der Waals surface area contributed by atoms with E-state index in [0.29, 0.717) is 24.3 Å². The summed E-state index contributed by atoms with van der Waals surface area (Å²) in [5, 5.41) is 0. The number of aromatic nitrogens is 3. The van der Waals surface area contributed by atoms with Crippen LogP contribution in [0.4, 0.5) is 0 Å². The lowest BCUT2D eigenvalue weighted by atomic mass is 10.2. The number of nitrogens with zero attached hydrogens (tertiary/aromatic N) is 3. The predicted octanol–water partition coefficient (Wildman–Crippen LogP) is 2.37. The number of carbonyl (C=O) groups is 1. The molecule has 124 valence electrons. The van der Waals surface area contributed by atoms with Crippen LogP contribution >= 0.6 is 0 Å². The van der Waals surface area contributed by atoms with Gasteiger partial charge >= 0.3 is 5.97 Å². The van der Waals surface area contributed by atoms with Crippen molar-refractivity contribution in [2.75, 3.05) is 6.61 Å². The van der Waals surface area contributed by atoms with E-state index >= 15 is 0 Å². The molecule has 0 aliphatic carbocycles. The maximum atomic E-state index is 12.3. The first-order chi connectivity index (χ1) is 11.6. The van der Waals surface area contributed by atoms with Gasteiger partial charge in [-0.25, -0.2) is 9.78 Å². The highest BCUT2D eigenvalue weighted by Gasteiger charge is 2.20. The second-order valence-electron chi connectivity index (χ2n) is 5.55. The molecule has 0 saturated heterocycles. The standard InChI is InChI=1S/C18H19N3O3/c1-3-24-18(23)13(2)21-10-9-15(22)16-17(21)19-12-20(16)11-14-7-5-4-6-8-14/h4-10,12-13H,3,11H2,1-2H3. The van der Waals surface area contributed by atoms with Crippen molar-refractivity contribution in [1.82, 2.24) is 14.1 Å². The lowest BCUT2D eigenvalue weighted by molar-refractivity contribution is -0.146. The topological polar surface area (TPSA) is 66.1 Å². The van der Waals surface area contributed by atoms with Crippen LogP contribution in [0.5, 0.6) is 0 Å². The third kappa shape index (κ3) is 2.95. The number of carbonyl (C=O) groups excluding carboxylic acids is 1. The van der Waals surface area contributed by atoms with Gasteiger partial charge in [0, 0.05) is 18.8 Å². The van der Waals surface area contributed by atoms with Gasteiger partial charge in [-0.05, 0) is 19.4 Å². The van der Waals surface area contributed by atoms with Crippen LogP contribution in [0.2, 0.25) is 0 Å². The number of pyridine rings is 1. The molecule has 3 aromatic rings. The lowest BCUT2D eigenvalue weighted by Gasteiger charge is -2.15. The maximum Gasteiger partial charge on any atom is 0.328 e. The quantitative estimate of drug-likeness (QED) is 0.676. The molecule has 0 amide bonds. The molecule has 1 unspecified atom stereocenters. The molecule has 0 bridgehead atoms. The number of hydrogen-bond donors (Lipinski definition) is 0. The van der Waals surface area contributed by atoms with Crippen molar-refractivity contribution < 1.29 is 9.53 Å². The van der Waals surface area contributed by atoms with E-state index in [2.05, 4.69) is 4.98 Å². The van der Waals surface area contributed by atoms with Crippen LogP contribution in [0.15, 0.2) is 53.7 Å². The minimum absolute atomic E-state index is 0.120. The Kier molecular flexibility index (Phi) is 4.46. The third-order valence-corrected chi connectivity index (χ3v) is 3.92. The second-order valence-corrected chi connectivity index (χ2v) is 5.55. The maximum absolute atomic E-state index is 12.3. The SMILES string of the molecule is CCOC(=O)C(C)n1ccc(=O)c2c1ncn2Cc1ccccc1. The van der Waals surface area contributed by atoms with E-state index in [1.807, 2.05) is 30.3 Å². The predicted molar refractivity (Wildman–Crippen MR) is 90.9 cm³/mol. The molecular formula is C18H19N3O3. The molecular weight excluding hydrogens is 306 g/mol. The third-order valence-electron chi connectivity index (χ3n) is 3.92. The Hall–Kier alpha value is -2.89. The van der Waals surface area contributed by atoms with Gasteiger partial charge < -0.3 is 13.9 Å². The zero-order chi connectivity index (χ0) is 17.1. The summed E-state index contributed by atoms with van der Waals surface area (Å²) < 4.78 is 8.55. The van der Waals surface area contributed by atoms with Crippen LogP contribution in [0.3, 0.4) is 0 Å². The molecule has 0 N–H and O–H groups in total. The second kappa shape index (κ2) is 6.70. The minimum atomic E-state index is -0.548. The van der Waals surface area contributed by atoms with Crippen molar-refractivity contribution in [2.45, 2.75) is 26.4 Å². The Balaban J connectivity index is 2.04. The number of hydrogen-bond acceptors (Lipinski definition) is 4.